The molecule has 1 saturated carbocycles. The van der Waals surface area contributed by atoms with Gasteiger partial charge in [-0.1, -0.05) is 43.5 Å². The van der Waals surface area contributed by atoms with Gasteiger partial charge in [0.25, 0.3) is 5.92 Å². The van der Waals surface area contributed by atoms with Gasteiger partial charge in [0.05, 0.1) is 6.54 Å². The molecule has 94 valence electrons. The van der Waals surface area contributed by atoms with E-state index in [1.54, 1.807) is 0 Å². The number of halogens is 2. The van der Waals surface area contributed by atoms with E-state index in [0.717, 1.165) is 0 Å². The second-order valence-electron chi connectivity index (χ2n) is 4.87. The van der Waals surface area contributed by atoms with E-state index < -0.39 is 12.5 Å². The van der Waals surface area contributed by atoms with Crippen LogP contribution in [0, 0.1) is 0 Å². The number of benzene rings is 1. The largest absolute Gasteiger partial charge is 0.325 e. The molecule has 1 aromatic carbocycles. The highest BCUT2D eigenvalue weighted by molar-refractivity contribution is 5.28. The molecule has 1 aromatic rings. The van der Waals surface area contributed by atoms with Gasteiger partial charge in [0, 0.05) is 5.56 Å². The zero-order chi connectivity index (χ0) is 12.3. The molecule has 1 fully saturated rings. The number of rotatable bonds is 3. The molecule has 0 spiro atoms. The SMILES string of the molecule is NCC(F)(F)c1ccc(C2CCCCC2)cc1. The molecule has 17 heavy (non-hydrogen) atoms. The number of hydrogen-bond acceptors (Lipinski definition) is 1. The summed E-state index contributed by atoms with van der Waals surface area (Å²) in [5.74, 6) is -2.34. The summed E-state index contributed by atoms with van der Waals surface area (Å²) in [5.41, 5.74) is 6.29. The van der Waals surface area contributed by atoms with Gasteiger partial charge in [-0.2, -0.15) is 8.78 Å². The molecule has 1 aliphatic rings. The van der Waals surface area contributed by atoms with Crippen molar-refractivity contribution in [3.63, 3.8) is 0 Å². The number of hydrogen-bond donors (Lipinski definition) is 1. The van der Waals surface area contributed by atoms with Crippen LogP contribution in [0.2, 0.25) is 0 Å². The Morgan fingerprint density at radius 1 is 1.06 bits per heavy atom. The summed E-state index contributed by atoms with van der Waals surface area (Å²) in [5, 5.41) is 0. The third-order valence-corrected chi connectivity index (χ3v) is 3.67. The molecule has 0 aliphatic heterocycles. The molecule has 0 radical (unpaired) electrons. The topological polar surface area (TPSA) is 26.0 Å². The Hall–Kier alpha value is -0.960. The maximum Gasteiger partial charge on any atom is 0.285 e. The van der Waals surface area contributed by atoms with E-state index in [2.05, 4.69) is 0 Å². The van der Waals surface area contributed by atoms with Gasteiger partial charge >= 0.3 is 0 Å². The quantitative estimate of drug-likeness (QED) is 0.853. The van der Waals surface area contributed by atoms with Crippen LogP contribution >= 0.6 is 0 Å². The number of alkyl halides is 2. The summed E-state index contributed by atoms with van der Waals surface area (Å²) in [6.07, 6.45) is 6.19. The monoisotopic (exact) mass is 239 g/mol. The summed E-state index contributed by atoms with van der Waals surface area (Å²) < 4.78 is 26.7. The lowest BCUT2D eigenvalue weighted by atomic mass is 9.84. The average Bonchev–Trinajstić information content (AvgIpc) is 2.40. The van der Waals surface area contributed by atoms with E-state index in [1.165, 1.54) is 49.8 Å². The van der Waals surface area contributed by atoms with Crippen LogP contribution in [0.3, 0.4) is 0 Å². The summed E-state index contributed by atoms with van der Waals surface area (Å²) in [4.78, 5) is 0. The molecule has 0 saturated heterocycles. The minimum absolute atomic E-state index is 0.0274. The van der Waals surface area contributed by atoms with Gasteiger partial charge in [0.2, 0.25) is 0 Å². The molecule has 1 aliphatic carbocycles. The van der Waals surface area contributed by atoms with Crippen LogP contribution < -0.4 is 5.73 Å². The van der Waals surface area contributed by atoms with Crippen LogP contribution in [0.5, 0.6) is 0 Å². The van der Waals surface area contributed by atoms with Crippen LogP contribution in [-0.2, 0) is 5.92 Å². The fraction of sp³-hybridized carbons (Fsp3) is 0.571. The minimum Gasteiger partial charge on any atom is -0.325 e. The van der Waals surface area contributed by atoms with Crippen molar-refractivity contribution < 1.29 is 8.78 Å². The van der Waals surface area contributed by atoms with E-state index in [-0.39, 0.29) is 5.56 Å². The Kier molecular flexibility index (Phi) is 3.77. The zero-order valence-corrected chi connectivity index (χ0v) is 9.96. The van der Waals surface area contributed by atoms with Crippen molar-refractivity contribution in [3.05, 3.63) is 35.4 Å². The van der Waals surface area contributed by atoms with Crippen molar-refractivity contribution in [3.8, 4) is 0 Å². The third kappa shape index (κ3) is 2.83. The lowest BCUT2D eigenvalue weighted by Crippen LogP contribution is -2.25. The average molecular weight is 239 g/mol. The molecule has 2 rings (SSSR count). The Balaban J connectivity index is 2.12. The van der Waals surface area contributed by atoms with Gasteiger partial charge in [-0.15, -0.1) is 0 Å². The van der Waals surface area contributed by atoms with Crippen molar-refractivity contribution >= 4 is 0 Å². The fourth-order valence-corrected chi connectivity index (χ4v) is 2.55. The Morgan fingerprint density at radius 2 is 1.65 bits per heavy atom. The van der Waals surface area contributed by atoms with Crippen molar-refractivity contribution in [1.82, 2.24) is 0 Å². The van der Waals surface area contributed by atoms with Crippen molar-refractivity contribution in [2.75, 3.05) is 6.54 Å². The highest BCUT2D eigenvalue weighted by Gasteiger charge is 2.29. The van der Waals surface area contributed by atoms with Crippen LogP contribution in [-0.4, -0.2) is 6.54 Å². The molecular formula is C14H19F2N. The molecule has 0 atom stereocenters. The van der Waals surface area contributed by atoms with Gasteiger partial charge in [-0.25, -0.2) is 0 Å². The van der Waals surface area contributed by atoms with E-state index in [9.17, 15) is 8.78 Å². The first-order chi connectivity index (χ1) is 8.13. The molecule has 1 nitrogen and oxygen atoms in total. The molecule has 0 unspecified atom stereocenters. The predicted octanol–water partition coefficient (Wildman–Crippen LogP) is 3.78. The van der Waals surface area contributed by atoms with E-state index in [1.807, 2.05) is 12.1 Å². The standard InChI is InChI=1S/C14H19F2N/c15-14(16,10-17)13-8-6-12(7-9-13)11-4-2-1-3-5-11/h6-9,11H,1-5,10,17H2. The number of nitrogens with two attached hydrogens (primary N) is 1. The maximum absolute atomic E-state index is 13.3. The molecule has 3 heteroatoms. The van der Waals surface area contributed by atoms with Crippen molar-refractivity contribution in [1.29, 1.82) is 0 Å². The molecule has 2 N–H and O–H groups in total. The minimum atomic E-state index is -2.90. The molecular weight excluding hydrogens is 220 g/mol. The van der Waals surface area contributed by atoms with E-state index in [0.29, 0.717) is 5.92 Å². The lowest BCUT2D eigenvalue weighted by molar-refractivity contribution is 0.00593. The molecule has 0 heterocycles. The van der Waals surface area contributed by atoms with Gasteiger partial charge in [-0.3, -0.25) is 0 Å². The first-order valence-electron chi connectivity index (χ1n) is 6.32. The maximum atomic E-state index is 13.3. The third-order valence-electron chi connectivity index (χ3n) is 3.67. The van der Waals surface area contributed by atoms with E-state index in [4.69, 9.17) is 5.73 Å². The van der Waals surface area contributed by atoms with E-state index >= 15 is 0 Å². The summed E-state index contributed by atoms with van der Waals surface area (Å²) in [6.45, 7) is -0.629. The van der Waals surface area contributed by atoms with Crippen molar-refractivity contribution in [2.45, 2.75) is 43.9 Å². The first-order valence-corrected chi connectivity index (χ1v) is 6.32. The fourth-order valence-electron chi connectivity index (χ4n) is 2.55. The second kappa shape index (κ2) is 5.13. The Labute approximate surface area is 101 Å². The Morgan fingerprint density at radius 3 is 2.18 bits per heavy atom. The van der Waals surface area contributed by atoms with Crippen LogP contribution in [0.1, 0.15) is 49.1 Å². The van der Waals surface area contributed by atoms with Crippen molar-refractivity contribution in [2.24, 2.45) is 5.73 Å². The smallest absolute Gasteiger partial charge is 0.285 e. The van der Waals surface area contributed by atoms with Gasteiger partial charge in [-0.05, 0) is 24.3 Å². The molecule has 0 bridgehead atoms. The highest BCUT2D eigenvalue weighted by atomic mass is 19.3. The first kappa shape index (κ1) is 12.5. The zero-order valence-electron chi connectivity index (χ0n) is 9.96. The second-order valence-corrected chi connectivity index (χ2v) is 4.87. The van der Waals surface area contributed by atoms with Crippen LogP contribution in [0.4, 0.5) is 8.78 Å². The van der Waals surface area contributed by atoms with Gasteiger partial charge in [0.15, 0.2) is 0 Å². The van der Waals surface area contributed by atoms with Gasteiger partial charge in [0.1, 0.15) is 0 Å². The van der Waals surface area contributed by atoms with Crippen LogP contribution in [0.25, 0.3) is 0 Å². The molecule has 0 aromatic heterocycles. The summed E-state index contributed by atoms with van der Waals surface area (Å²) >= 11 is 0. The predicted molar refractivity (Wildman–Crippen MR) is 65.2 cm³/mol. The highest BCUT2D eigenvalue weighted by Crippen LogP contribution is 2.34. The molecule has 0 amide bonds. The summed E-state index contributed by atoms with van der Waals surface area (Å²) in [6, 6.07) is 6.73. The normalized spacial score (nSPS) is 18.3. The summed E-state index contributed by atoms with van der Waals surface area (Å²) in [7, 11) is 0. The van der Waals surface area contributed by atoms with Crippen LogP contribution in [0.15, 0.2) is 24.3 Å². The van der Waals surface area contributed by atoms with Gasteiger partial charge < -0.3 is 5.73 Å². The lowest BCUT2D eigenvalue weighted by Gasteiger charge is -2.22. The Bertz CT molecular complexity index is 353.